The smallest absolute Gasteiger partial charge is 0.160 e. The fourth-order valence-electron chi connectivity index (χ4n) is 2.27. The van der Waals surface area contributed by atoms with E-state index < -0.39 is 0 Å². The molecule has 120 valence electrons. The molecule has 0 fully saturated rings. The van der Waals surface area contributed by atoms with E-state index in [0.29, 0.717) is 11.5 Å². The second-order valence-corrected chi connectivity index (χ2v) is 4.98. The second-order valence-electron chi connectivity index (χ2n) is 4.98. The van der Waals surface area contributed by atoms with Crippen LogP contribution in [0.4, 0.5) is 0 Å². The van der Waals surface area contributed by atoms with E-state index in [1.54, 1.807) is 30.3 Å². The largest absolute Gasteiger partial charge is 0.504 e. The zero-order valence-electron chi connectivity index (χ0n) is 13.2. The maximum absolute atomic E-state index is 9.88. The van der Waals surface area contributed by atoms with Crippen molar-refractivity contribution in [3.05, 3.63) is 66.3 Å². The van der Waals surface area contributed by atoms with Crippen LogP contribution in [0.1, 0.15) is 17.0 Å². The molecule has 0 aliphatic heterocycles. The highest BCUT2D eigenvalue weighted by Gasteiger charge is 2.08. The van der Waals surface area contributed by atoms with Gasteiger partial charge >= 0.3 is 0 Å². The minimum absolute atomic E-state index is 0.0731. The van der Waals surface area contributed by atoms with Crippen LogP contribution >= 0.6 is 0 Å². The molecule has 0 spiro atoms. The number of allylic oxidation sites excluding steroid dienone is 2. The highest BCUT2D eigenvalue weighted by atomic mass is 16.5. The zero-order valence-corrected chi connectivity index (χ0v) is 13.2. The van der Waals surface area contributed by atoms with Gasteiger partial charge in [-0.25, -0.2) is 0 Å². The molecule has 0 saturated carbocycles. The van der Waals surface area contributed by atoms with E-state index >= 15 is 0 Å². The molecule has 0 aliphatic rings. The number of hydrogen-bond donors (Lipinski definition) is 2. The molecule has 0 bridgehead atoms. The van der Waals surface area contributed by atoms with E-state index in [9.17, 15) is 10.2 Å². The SMILES string of the molecule is C=C[C@@H](/C=C\c1ccc(OC)c(O)c1)c1ccc(OC)c(O)c1. The lowest BCUT2D eigenvalue weighted by Gasteiger charge is -2.11. The Kier molecular flexibility index (Phi) is 5.31. The Morgan fingerprint density at radius 3 is 2.09 bits per heavy atom. The molecule has 2 rings (SSSR count). The first kappa shape index (κ1) is 16.5. The van der Waals surface area contributed by atoms with Crippen molar-refractivity contribution in [3.8, 4) is 23.0 Å². The predicted octanol–water partition coefficient (Wildman–Crippen LogP) is 4.10. The Balaban J connectivity index is 2.23. The molecule has 0 aromatic heterocycles. The maximum Gasteiger partial charge on any atom is 0.160 e. The summed E-state index contributed by atoms with van der Waals surface area (Å²) in [5, 5.41) is 19.7. The summed E-state index contributed by atoms with van der Waals surface area (Å²) in [5.41, 5.74) is 1.74. The van der Waals surface area contributed by atoms with Gasteiger partial charge in [0.05, 0.1) is 14.2 Å². The van der Waals surface area contributed by atoms with Gasteiger partial charge in [-0.3, -0.25) is 0 Å². The first-order chi connectivity index (χ1) is 11.1. The van der Waals surface area contributed by atoms with E-state index in [4.69, 9.17) is 9.47 Å². The molecule has 2 N–H and O–H groups in total. The quantitative estimate of drug-likeness (QED) is 0.789. The van der Waals surface area contributed by atoms with Crippen molar-refractivity contribution in [1.82, 2.24) is 0 Å². The summed E-state index contributed by atoms with van der Waals surface area (Å²) < 4.78 is 10.1. The molecule has 0 heterocycles. The summed E-state index contributed by atoms with van der Waals surface area (Å²) in [6, 6.07) is 10.4. The third kappa shape index (κ3) is 3.86. The number of phenols is 2. The maximum atomic E-state index is 9.88. The normalized spacial score (nSPS) is 12.1. The lowest BCUT2D eigenvalue weighted by atomic mass is 9.97. The van der Waals surface area contributed by atoms with Gasteiger partial charge in [0.1, 0.15) is 0 Å². The number of hydrogen-bond acceptors (Lipinski definition) is 4. The third-order valence-electron chi connectivity index (χ3n) is 3.54. The number of benzene rings is 2. The summed E-state index contributed by atoms with van der Waals surface area (Å²) in [6.45, 7) is 3.83. The van der Waals surface area contributed by atoms with Crippen molar-refractivity contribution in [1.29, 1.82) is 0 Å². The molecule has 0 amide bonds. The minimum Gasteiger partial charge on any atom is -0.504 e. The van der Waals surface area contributed by atoms with Crippen LogP contribution in [0.15, 0.2) is 55.1 Å². The van der Waals surface area contributed by atoms with E-state index in [0.717, 1.165) is 11.1 Å². The van der Waals surface area contributed by atoms with Crippen LogP contribution in [0.3, 0.4) is 0 Å². The lowest BCUT2D eigenvalue weighted by molar-refractivity contribution is 0.373. The molecule has 0 radical (unpaired) electrons. The van der Waals surface area contributed by atoms with Crippen LogP contribution < -0.4 is 9.47 Å². The van der Waals surface area contributed by atoms with E-state index in [1.807, 2.05) is 24.3 Å². The topological polar surface area (TPSA) is 58.9 Å². The van der Waals surface area contributed by atoms with Crippen molar-refractivity contribution in [2.45, 2.75) is 5.92 Å². The Labute approximate surface area is 135 Å². The first-order valence-corrected chi connectivity index (χ1v) is 7.13. The van der Waals surface area contributed by atoms with Crippen molar-refractivity contribution in [3.63, 3.8) is 0 Å². The van der Waals surface area contributed by atoms with Crippen molar-refractivity contribution < 1.29 is 19.7 Å². The molecule has 23 heavy (non-hydrogen) atoms. The third-order valence-corrected chi connectivity index (χ3v) is 3.54. The summed E-state index contributed by atoms with van der Waals surface area (Å²) in [7, 11) is 3.02. The predicted molar refractivity (Wildman–Crippen MR) is 91.3 cm³/mol. The first-order valence-electron chi connectivity index (χ1n) is 7.13. The van der Waals surface area contributed by atoms with Gasteiger partial charge in [0.2, 0.25) is 0 Å². The Morgan fingerprint density at radius 1 is 0.957 bits per heavy atom. The van der Waals surface area contributed by atoms with Gasteiger partial charge < -0.3 is 19.7 Å². The van der Waals surface area contributed by atoms with Crippen molar-refractivity contribution in [2.24, 2.45) is 0 Å². The van der Waals surface area contributed by atoms with Gasteiger partial charge in [0.25, 0.3) is 0 Å². The molecule has 0 unspecified atom stereocenters. The average molecular weight is 312 g/mol. The molecule has 4 nitrogen and oxygen atoms in total. The molecule has 1 atom stereocenters. The van der Waals surface area contributed by atoms with Gasteiger partial charge in [-0.05, 0) is 35.4 Å². The van der Waals surface area contributed by atoms with Crippen molar-refractivity contribution >= 4 is 6.08 Å². The van der Waals surface area contributed by atoms with Crippen LogP contribution in [0.25, 0.3) is 6.08 Å². The van der Waals surface area contributed by atoms with E-state index in [2.05, 4.69) is 6.58 Å². The second kappa shape index (κ2) is 7.40. The molecule has 2 aromatic carbocycles. The number of methoxy groups -OCH3 is 2. The Hall–Kier alpha value is -2.88. The zero-order chi connectivity index (χ0) is 16.8. The van der Waals surface area contributed by atoms with Crippen molar-refractivity contribution in [2.75, 3.05) is 14.2 Å². The molecule has 4 heteroatoms. The number of ether oxygens (including phenoxy) is 2. The number of rotatable bonds is 6. The molecule has 2 aromatic rings. The van der Waals surface area contributed by atoms with E-state index in [-0.39, 0.29) is 17.4 Å². The fraction of sp³-hybridized carbons (Fsp3) is 0.158. The summed E-state index contributed by atoms with van der Waals surface area (Å²) >= 11 is 0. The van der Waals surface area contributed by atoms with Gasteiger partial charge in [-0.15, -0.1) is 6.58 Å². The summed E-state index contributed by atoms with van der Waals surface area (Å²) in [5.74, 6) is 0.971. The summed E-state index contributed by atoms with van der Waals surface area (Å²) in [6.07, 6.45) is 5.60. The lowest BCUT2D eigenvalue weighted by Crippen LogP contribution is -1.92. The van der Waals surface area contributed by atoms with Gasteiger partial charge in [0, 0.05) is 5.92 Å². The average Bonchev–Trinajstić information content (AvgIpc) is 2.55. The Morgan fingerprint density at radius 2 is 1.57 bits per heavy atom. The monoisotopic (exact) mass is 312 g/mol. The highest BCUT2D eigenvalue weighted by Crippen LogP contribution is 2.31. The van der Waals surface area contributed by atoms with Crippen LogP contribution in [0.2, 0.25) is 0 Å². The van der Waals surface area contributed by atoms with Crippen LogP contribution in [0.5, 0.6) is 23.0 Å². The van der Waals surface area contributed by atoms with Crippen LogP contribution in [-0.4, -0.2) is 24.4 Å². The standard InChI is InChI=1S/C19H20O4/c1-4-14(15-8-10-19(23-3)17(21)12-15)7-5-13-6-9-18(22-2)16(20)11-13/h4-12,14,20-21H,1H2,2-3H3/b7-5-/t14-/m0/s1. The van der Waals surface area contributed by atoms with Gasteiger partial charge in [-0.1, -0.05) is 30.4 Å². The minimum atomic E-state index is -0.0731. The number of aromatic hydroxyl groups is 2. The van der Waals surface area contributed by atoms with Gasteiger partial charge in [-0.2, -0.15) is 0 Å². The van der Waals surface area contributed by atoms with Crippen LogP contribution in [-0.2, 0) is 0 Å². The Bertz CT molecular complexity index is 719. The molecular weight excluding hydrogens is 292 g/mol. The molecule has 0 saturated heterocycles. The molecule has 0 aliphatic carbocycles. The van der Waals surface area contributed by atoms with Gasteiger partial charge in [0.15, 0.2) is 23.0 Å². The fourth-order valence-corrected chi connectivity index (χ4v) is 2.27. The highest BCUT2D eigenvalue weighted by molar-refractivity contribution is 5.57. The van der Waals surface area contributed by atoms with Crippen LogP contribution in [0, 0.1) is 0 Å². The molecular formula is C19H20O4. The van der Waals surface area contributed by atoms with E-state index in [1.165, 1.54) is 14.2 Å². The number of phenolic OH excluding ortho intramolecular Hbond substituents is 2. The summed E-state index contributed by atoms with van der Waals surface area (Å²) in [4.78, 5) is 0.